The molecule has 0 aromatic heterocycles. The molecule has 4 heteroatoms. The van der Waals surface area contributed by atoms with Crippen molar-refractivity contribution in [3.05, 3.63) is 35.9 Å². The lowest BCUT2D eigenvalue weighted by Crippen LogP contribution is -2.50. The molecule has 1 amide bonds. The van der Waals surface area contributed by atoms with Gasteiger partial charge in [-0.15, -0.1) is 0 Å². The third-order valence-electron chi connectivity index (χ3n) is 4.20. The zero-order valence-corrected chi connectivity index (χ0v) is 11.5. The van der Waals surface area contributed by atoms with Crippen LogP contribution in [0.2, 0.25) is 0 Å². The first-order valence-corrected chi connectivity index (χ1v) is 7.27. The summed E-state index contributed by atoms with van der Waals surface area (Å²) in [5.74, 6) is -0.710. The van der Waals surface area contributed by atoms with Gasteiger partial charge in [0, 0.05) is 32.2 Å². The van der Waals surface area contributed by atoms with E-state index in [1.54, 1.807) is 0 Å². The van der Waals surface area contributed by atoms with Crippen molar-refractivity contribution < 1.29 is 4.79 Å². The van der Waals surface area contributed by atoms with E-state index in [1.807, 2.05) is 35.2 Å². The first-order chi connectivity index (χ1) is 9.79. The molecule has 1 aromatic carbocycles. The molecular weight excluding hydrogens is 250 g/mol. The van der Waals surface area contributed by atoms with Crippen molar-refractivity contribution in [1.82, 2.24) is 9.80 Å². The van der Waals surface area contributed by atoms with E-state index in [0.29, 0.717) is 0 Å². The fraction of sp³-hybridized carbons (Fsp3) is 0.500. The molecule has 2 aliphatic rings. The molecule has 1 unspecified atom stereocenters. The molecule has 1 aliphatic carbocycles. The van der Waals surface area contributed by atoms with Crippen LogP contribution in [0.5, 0.6) is 0 Å². The van der Waals surface area contributed by atoms with Gasteiger partial charge in [0.25, 0.3) is 0 Å². The van der Waals surface area contributed by atoms with Crippen molar-refractivity contribution in [2.75, 3.05) is 26.2 Å². The Hall–Kier alpha value is -1.86. The minimum Gasteiger partial charge on any atom is -0.339 e. The minimum absolute atomic E-state index is 0.0471. The second kappa shape index (κ2) is 5.64. The number of carbonyl (C=O) groups is 1. The summed E-state index contributed by atoms with van der Waals surface area (Å²) in [5, 5.41) is 9.32. The van der Waals surface area contributed by atoms with Crippen LogP contribution < -0.4 is 0 Å². The molecular formula is C16H19N3O. The highest BCUT2D eigenvalue weighted by Crippen LogP contribution is 2.28. The maximum atomic E-state index is 12.5. The summed E-state index contributed by atoms with van der Waals surface area (Å²) in [5.41, 5.74) is 0.796. The van der Waals surface area contributed by atoms with Crippen molar-refractivity contribution in [2.24, 2.45) is 0 Å². The maximum Gasteiger partial charge on any atom is 0.244 e. The van der Waals surface area contributed by atoms with Crippen LogP contribution in [0.3, 0.4) is 0 Å². The van der Waals surface area contributed by atoms with E-state index in [4.69, 9.17) is 0 Å². The summed E-state index contributed by atoms with van der Waals surface area (Å²) in [6.07, 6.45) is 2.61. The Labute approximate surface area is 119 Å². The van der Waals surface area contributed by atoms with E-state index < -0.39 is 5.92 Å². The Morgan fingerprint density at radius 1 is 1.15 bits per heavy atom. The van der Waals surface area contributed by atoms with Crippen LogP contribution in [-0.4, -0.2) is 47.9 Å². The van der Waals surface area contributed by atoms with Gasteiger partial charge in [0.1, 0.15) is 5.92 Å². The van der Waals surface area contributed by atoms with Gasteiger partial charge in [0.15, 0.2) is 0 Å². The molecule has 2 fully saturated rings. The molecule has 1 atom stereocenters. The standard InChI is InChI=1S/C16H19N3O/c17-12-15(13-4-2-1-3-5-13)16(20)19-10-8-18(9-11-19)14-6-7-14/h1-5,14-15H,6-11H2. The number of nitriles is 1. The Morgan fingerprint density at radius 3 is 2.35 bits per heavy atom. The molecule has 104 valence electrons. The smallest absolute Gasteiger partial charge is 0.244 e. The van der Waals surface area contributed by atoms with E-state index in [-0.39, 0.29) is 5.91 Å². The molecule has 0 spiro atoms. The Kier molecular flexibility index (Phi) is 3.70. The van der Waals surface area contributed by atoms with Crippen molar-refractivity contribution in [3.63, 3.8) is 0 Å². The number of nitrogens with zero attached hydrogens (tertiary/aromatic N) is 3. The highest BCUT2D eigenvalue weighted by molar-refractivity contribution is 5.86. The summed E-state index contributed by atoms with van der Waals surface area (Å²) >= 11 is 0. The normalized spacial score (nSPS) is 21.2. The summed E-state index contributed by atoms with van der Waals surface area (Å²) in [6, 6.07) is 12.3. The average molecular weight is 269 g/mol. The molecule has 1 aliphatic heterocycles. The third-order valence-corrected chi connectivity index (χ3v) is 4.20. The Balaban J connectivity index is 1.64. The lowest BCUT2D eigenvalue weighted by Gasteiger charge is -2.35. The first-order valence-electron chi connectivity index (χ1n) is 7.27. The van der Waals surface area contributed by atoms with E-state index >= 15 is 0 Å². The van der Waals surface area contributed by atoms with Crippen LogP contribution in [0.4, 0.5) is 0 Å². The van der Waals surface area contributed by atoms with Crippen LogP contribution >= 0.6 is 0 Å². The van der Waals surface area contributed by atoms with Crippen molar-refractivity contribution >= 4 is 5.91 Å². The van der Waals surface area contributed by atoms with Gasteiger partial charge >= 0.3 is 0 Å². The van der Waals surface area contributed by atoms with Gasteiger partial charge in [0.05, 0.1) is 6.07 Å². The minimum atomic E-state index is -0.663. The van der Waals surface area contributed by atoms with Crippen LogP contribution in [0.15, 0.2) is 30.3 Å². The van der Waals surface area contributed by atoms with Crippen LogP contribution in [-0.2, 0) is 4.79 Å². The molecule has 1 saturated carbocycles. The molecule has 1 heterocycles. The second-order valence-corrected chi connectivity index (χ2v) is 5.57. The largest absolute Gasteiger partial charge is 0.339 e. The number of rotatable bonds is 3. The predicted octanol–water partition coefficient (Wildman–Crippen LogP) is 1.60. The summed E-state index contributed by atoms with van der Waals surface area (Å²) in [4.78, 5) is 16.8. The summed E-state index contributed by atoms with van der Waals surface area (Å²) < 4.78 is 0. The van der Waals surface area contributed by atoms with Gasteiger partial charge in [-0.25, -0.2) is 0 Å². The van der Waals surface area contributed by atoms with Gasteiger partial charge < -0.3 is 4.90 Å². The third kappa shape index (κ3) is 2.68. The predicted molar refractivity (Wildman–Crippen MR) is 76.0 cm³/mol. The first kappa shape index (κ1) is 13.1. The van der Waals surface area contributed by atoms with Gasteiger partial charge in [-0.05, 0) is 18.4 Å². The number of carbonyl (C=O) groups excluding carboxylic acids is 1. The van der Waals surface area contributed by atoms with E-state index in [2.05, 4.69) is 11.0 Å². The number of piperazine rings is 1. The van der Waals surface area contributed by atoms with E-state index in [0.717, 1.165) is 37.8 Å². The van der Waals surface area contributed by atoms with Gasteiger partial charge in [-0.1, -0.05) is 30.3 Å². The van der Waals surface area contributed by atoms with E-state index in [1.165, 1.54) is 12.8 Å². The lowest BCUT2D eigenvalue weighted by atomic mass is 9.99. The van der Waals surface area contributed by atoms with Crippen LogP contribution in [0.1, 0.15) is 24.3 Å². The molecule has 3 rings (SSSR count). The number of hydrogen-bond donors (Lipinski definition) is 0. The molecule has 1 saturated heterocycles. The lowest BCUT2D eigenvalue weighted by molar-refractivity contribution is -0.133. The Morgan fingerprint density at radius 2 is 1.80 bits per heavy atom. The van der Waals surface area contributed by atoms with Crippen LogP contribution in [0.25, 0.3) is 0 Å². The second-order valence-electron chi connectivity index (χ2n) is 5.57. The van der Waals surface area contributed by atoms with Crippen molar-refractivity contribution in [1.29, 1.82) is 5.26 Å². The number of benzene rings is 1. The van der Waals surface area contributed by atoms with Gasteiger partial charge in [-0.2, -0.15) is 5.26 Å². The molecule has 0 N–H and O–H groups in total. The average Bonchev–Trinajstić information content (AvgIpc) is 3.34. The fourth-order valence-corrected chi connectivity index (χ4v) is 2.85. The molecule has 20 heavy (non-hydrogen) atoms. The zero-order valence-electron chi connectivity index (χ0n) is 11.5. The molecule has 0 radical (unpaired) electrons. The molecule has 1 aromatic rings. The maximum absolute atomic E-state index is 12.5. The Bertz CT molecular complexity index is 510. The molecule has 0 bridgehead atoms. The SMILES string of the molecule is N#CC(C(=O)N1CCN(C2CC2)CC1)c1ccccc1. The topological polar surface area (TPSA) is 47.3 Å². The van der Waals surface area contributed by atoms with Crippen molar-refractivity contribution in [2.45, 2.75) is 24.8 Å². The highest BCUT2D eigenvalue weighted by Gasteiger charge is 2.34. The number of hydrogen-bond acceptors (Lipinski definition) is 3. The highest BCUT2D eigenvalue weighted by atomic mass is 16.2. The molecule has 4 nitrogen and oxygen atoms in total. The zero-order chi connectivity index (χ0) is 13.9. The fourth-order valence-electron chi connectivity index (χ4n) is 2.85. The summed E-state index contributed by atoms with van der Waals surface area (Å²) in [6.45, 7) is 3.40. The quantitative estimate of drug-likeness (QED) is 0.837. The number of amides is 1. The van der Waals surface area contributed by atoms with Crippen LogP contribution in [0, 0.1) is 11.3 Å². The van der Waals surface area contributed by atoms with Crippen molar-refractivity contribution in [3.8, 4) is 6.07 Å². The van der Waals surface area contributed by atoms with Gasteiger partial charge in [0.2, 0.25) is 5.91 Å². The monoisotopic (exact) mass is 269 g/mol. The van der Waals surface area contributed by atoms with E-state index in [9.17, 15) is 10.1 Å². The van der Waals surface area contributed by atoms with Gasteiger partial charge in [-0.3, -0.25) is 9.69 Å². The summed E-state index contributed by atoms with van der Waals surface area (Å²) in [7, 11) is 0.